The zero-order valence-electron chi connectivity index (χ0n) is 11.6. The SMILES string of the molecule is CC#Cc1[nH]c(=O)c(C)nc1[C@@H]1O[C@H](CO)C(C)[C@@H]1F. The molecule has 0 bridgehead atoms. The van der Waals surface area contributed by atoms with Crippen LogP contribution in [0.15, 0.2) is 4.79 Å². The van der Waals surface area contributed by atoms with E-state index in [0.29, 0.717) is 0 Å². The lowest BCUT2D eigenvalue weighted by Gasteiger charge is -2.14. The second kappa shape index (κ2) is 5.73. The highest BCUT2D eigenvalue weighted by atomic mass is 19.1. The molecule has 1 aliphatic heterocycles. The Bertz CT molecular complexity index is 617. The van der Waals surface area contributed by atoms with E-state index in [1.165, 1.54) is 0 Å². The summed E-state index contributed by atoms with van der Waals surface area (Å²) in [6, 6.07) is 0. The van der Waals surface area contributed by atoms with Gasteiger partial charge in [0.05, 0.1) is 12.7 Å². The monoisotopic (exact) mass is 280 g/mol. The van der Waals surface area contributed by atoms with Gasteiger partial charge in [-0.15, -0.1) is 0 Å². The molecule has 1 fully saturated rings. The third-order valence-corrected chi connectivity index (χ3v) is 3.51. The first kappa shape index (κ1) is 14.7. The van der Waals surface area contributed by atoms with E-state index < -0.39 is 24.3 Å². The second-order valence-electron chi connectivity index (χ2n) is 4.87. The van der Waals surface area contributed by atoms with Crippen molar-refractivity contribution in [2.45, 2.75) is 39.2 Å². The lowest BCUT2D eigenvalue weighted by molar-refractivity contribution is -0.00679. The van der Waals surface area contributed by atoms with E-state index in [-0.39, 0.29) is 29.2 Å². The fourth-order valence-corrected chi connectivity index (χ4v) is 2.27. The van der Waals surface area contributed by atoms with Crippen LogP contribution in [0.2, 0.25) is 0 Å². The van der Waals surface area contributed by atoms with Crippen molar-refractivity contribution in [3.05, 3.63) is 27.4 Å². The molecule has 1 aromatic rings. The van der Waals surface area contributed by atoms with Crippen molar-refractivity contribution in [2.24, 2.45) is 5.92 Å². The van der Waals surface area contributed by atoms with E-state index in [1.807, 2.05) is 0 Å². The Morgan fingerprint density at radius 3 is 2.80 bits per heavy atom. The summed E-state index contributed by atoms with van der Waals surface area (Å²) in [4.78, 5) is 18.3. The summed E-state index contributed by atoms with van der Waals surface area (Å²) in [5.74, 6) is 4.93. The normalized spacial score (nSPS) is 29.1. The lowest BCUT2D eigenvalue weighted by Crippen LogP contribution is -2.22. The Hall–Kier alpha value is -1.71. The number of aliphatic hydroxyl groups is 1. The Balaban J connectivity index is 2.49. The predicted molar refractivity (Wildman–Crippen MR) is 70.9 cm³/mol. The molecule has 5 nitrogen and oxygen atoms in total. The molecule has 0 amide bonds. The molecule has 2 N–H and O–H groups in total. The van der Waals surface area contributed by atoms with Gasteiger partial charge in [-0.25, -0.2) is 9.37 Å². The van der Waals surface area contributed by atoms with E-state index in [1.54, 1.807) is 20.8 Å². The summed E-state index contributed by atoms with van der Waals surface area (Å²) in [6.45, 7) is 4.58. The van der Waals surface area contributed by atoms with Gasteiger partial charge in [0.25, 0.3) is 5.56 Å². The zero-order valence-corrected chi connectivity index (χ0v) is 11.6. The van der Waals surface area contributed by atoms with Crippen LogP contribution >= 0.6 is 0 Å². The molecule has 1 unspecified atom stereocenters. The van der Waals surface area contributed by atoms with E-state index >= 15 is 0 Å². The Labute approximate surface area is 116 Å². The third kappa shape index (κ3) is 2.47. The molecule has 6 heteroatoms. The van der Waals surface area contributed by atoms with Gasteiger partial charge >= 0.3 is 0 Å². The van der Waals surface area contributed by atoms with Gasteiger partial charge in [-0.1, -0.05) is 12.8 Å². The molecule has 2 rings (SSSR count). The molecule has 0 aliphatic carbocycles. The minimum absolute atomic E-state index is 0.234. The molecule has 20 heavy (non-hydrogen) atoms. The van der Waals surface area contributed by atoms with E-state index in [9.17, 15) is 14.3 Å². The number of nitrogens with zero attached hydrogens (tertiary/aromatic N) is 1. The number of alkyl halides is 1. The summed E-state index contributed by atoms with van der Waals surface area (Å²) in [7, 11) is 0. The number of aryl methyl sites for hydroxylation is 1. The average Bonchev–Trinajstić information content (AvgIpc) is 2.70. The second-order valence-corrected chi connectivity index (χ2v) is 4.87. The molecule has 1 saturated heterocycles. The first-order valence-corrected chi connectivity index (χ1v) is 6.43. The van der Waals surface area contributed by atoms with Crippen LogP contribution < -0.4 is 5.56 Å². The number of hydrogen-bond acceptors (Lipinski definition) is 4. The molecule has 0 radical (unpaired) electrons. The quantitative estimate of drug-likeness (QED) is 0.788. The molecule has 1 aromatic heterocycles. The Morgan fingerprint density at radius 1 is 1.55 bits per heavy atom. The van der Waals surface area contributed by atoms with Crippen LogP contribution in [0.1, 0.15) is 37.0 Å². The van der Waals surface area contributed by atoms with Crippen LogP contribution in [0.5, 0.6) is 0 Å². The number of halogens is 1. The van der Waals surface area contributed by atoms with E-state index in [0.717, 1.165) is 0 Å². The van der Waals surface area contributed by atoms with Crippen LogP contribution in [0.25, 0.3) is 0 Å². The molecule has 108 valence electrons. The Kier molecular flexibility index (Phi) is 4.21. The van der Waals surface area contributed by atoms with Gasteiger partial charge in [0.1, 0.15) is 29.4 Å². The highest BCUT2D eigenvalue weighted by Gasteiger charge is 2.44. The maximum absolute atomic E-state index is 14.3. The van der Waals surface area contributed by atoms with Crippen LogP contribution in [0.3, 0.4) is 0 Å². The molecule has 0 aromatic carbocycles. The fourth-order valence-electron chi connectivity index (χ4n) is 2.27. The maximum Gasteiger partial charge on any atom is 0.270 e. The molecule has 2 heterocycles. The van der Waals surface area contributed by atoms with E-state index in [2.05, 4.69) is 21.8 Å². The van der Waals surface area contributed by atoms with Crippen molar-refractivity contribution in [1.82, 2.24) is 9.97 Å². The minimum atomic E-state index is -1.30. The van der Waals surface area contributed by atoms with Crippen molar-refractivity contribution in [2.75, 3.05) is 6.61 Å². The van der Waals surface area contributed by atoms with Crippen LogP contribution in [-0.2, 0) is 4.74 Å². The standard InChI is InChI=1S/C14H17FN2O3/c1-4-5-9-12(16-8(3)14(19)17-9)13-11(15)7(2)10(6-18)20-13/h7,10-11,13,18H,6H2,1-3H3,(H,17,19)/t7?,10-,11+,13-/m1/s1. The van der Waals surface area contributed by atoms with Gasteiger partial charge in [-0.05, 0) is 19.8 Å². The number of aromatic nitrogens is 2. The number of aliphatic hydroxyl groups excluding tert-OH is 1. The summed E-state index contributed by atoms with van der Waals surface area (Å²) in [5, 5.41) is 9.19. The average molecular weight is 280 g/mol. The molecular formula is C14H17FN2O3. The first-order chi connectivity index (χ1) is 9.49. The molecule has 1 aliphatic rings. The van der Waals surface area contributed by atoms with Crippen molar-refractivity contribution in [3.8, 4) is 11.8 Å². The summed E-state index contributed by atoms with van der Waals surface area (Å²) >= 11 is 0. The van der Waals surface area contributed by atoms with E-state index in [4.69, 9.17) is 4.74 Å². The Morgan fingerprint density at radius 2 is 2.25 bits per heavy atom. The first-order valence-electron chi connectivity index (χ1n) is 6.43. The summed E-state index contributed by atoms with van der Waals surface area (Å²) in [6.07, 6.45) is -2.80. The number of aromatic amines is 1. The highest BCUT2D eigenvalue weighted by molar-refractivity contribution is 5.34. The zero-order chi connectivity index (χ0) is 14.9. The molecular weight excluding hydrogens is 263 g/mol. The largest absolute Gasteiger partial charge is 0.394 e. The van der Waals surface area contributed by atoms with Crippen LogP contribution in [0, 0.1) is 24.7 Å². The van der Waals surface area contributed by atoms with Crippen molar-refractivity contribution in [3.63, 3.8) is 0 Å². The van der Waals surface area contributed by atoms with Gasteiger partial charge in [-0.2, -0.15) is 0 Å². The number of H-pyrrole nitrogens is 1. The molecule has 0 saturated carbocycles. The number of rotatable bonds is 2. The van der Waals surface area contributed by atoms with Crippen LogP contribution in [0.4, 0.5) is 4.39 Å². The van der Waals surface area contributed by atoms with Gasteiger partial charge in [0.2, 0.25) is 0 Å². The lowest BCUT2D eigenvalue weighted by atomic mass is 9.98. The topological polar surface area (TPSA) is 75.2 Å². The van der Waals surface area contributed by atoms with Crippen molar-refractivity contribution < 1.29 is 14.2 Å². The fraction of sp³-hybridized carbons (Fsp3) is 0.571. The van der Waals surface area contributed by atoms with Gasteiger partial charge in [-0.3, -0.25) is 4.79 Å². The van der Waals surface area contributed by atoms with Crippen molar-refractivity contribution >= 4 is 0 Å². The molecule has 0 spiro atoms. The summed E-state index contributed by atoms with van der Waals surface area (Å²) in [5.41, 5.74) is 0.428. The van der Waals surface area contributed by atoms with Gasteiger partial charge < -0.3 is 14.8 Å². The number of nitrogens with one attached hydrogen (secondary N) is 1. The van der Waals surface area contributed by atoms with Gasteiger partial charge in [0, 0.05) is 5.92 Å². The number of ether oxygens (including phenoxy) is 1. The van der Waals surface area contributed by atoms with Gasteiger partial charge in [0.15, 0.2) is 0 Å². The minimum Gasteiger partial charge on any atom is -0.394 e. The maximum atomic E-state index is 14.3. The highest BCUT2D eigenvalue weighted by Crippen LogP contribution is 2.39. The van der Waals surface area contributed by atoms with Crippen molar-refractivity contribution in [1.29, 1.82) is 0 Å². The smallest absolute Gasteiger partial charge is 0.270 e. The number of hydrogen-bond donors (Lipinski definition) is 2. The predicted octanol–water partition coefficient (Wildman–Crippen LogP) is 0.856. The van der Waals surface area contributed by atoms with Crippen LogP contribution in [-0.4, -0.2) is 34.0 Å². The third-order valence-electron chi connectivity index (χ3n) is 3.51. The summed E-state index contributed by atoms with van der Waals surface area (Å²) < 4.78 is 19.9. The molecule has 4 atom stereocenters.